The third kappa shape index (κ3) is 3.14. The molecule has 4 aliphatic carbocycles. The molecule has 8 nitrogen and oxygen atoms in total. The molecule has 0 aromatic carbocycles. The molecule has 1 spiro atoms. The van der Waals surface area contributed by atoms with Crippen LogP contribution in [0, 0.1) is 0 Å². The minimum atomic E-state index is -3.52. The minimum absolute atomic E-state index is 0.0990. The highest BCUT2D eigenvalue weighted by atomic mass is 32.2. The molecule has 0 bridgehead atoms. The lowest BCUT2D eigenvalue weighted by atomic mass is 9.89. The molecule has 10 heteroatoms. The Balaban J connectivity index is 1.35. The van der Waals surface area contributed by atoms with Crippen LogP contribution in [0.4, 0.5) is 10.5 Å². The summed E-state index contributed by atoms with van der Waals surface area (Å²) < 4.78 is 17.2. The van der Waals surface area contributed by atoms with Gasteiger partial charge in [0.05, 0.1) is 27.6 Å². The van der Waals surface area contributed by atoms with E-state index < -0.39 is 21.5 Å². The summed E-state index contributed by atoms with van der Waals surface area (Å²) in [7, 11) is -3.52. The molecule has 2 aromatic rings. The molecule has 170 valence electrons. The number of aryl methyl sites for hydroxylation is 2. The molecule has 0 radical (unpaired) electrons. The smallest absolute Gasteiger partial charge is 0.354 e. The summed E-state index contributed by atoms with van der Waals surface area (Å²) in [4.78, 5) is 23.0. The first kappa shape index (κ1) is 20.7. The molecule has 32 heavy (non-hydrogen) atoms. The van der Waals surface area contributed by atoms with Crippen molar-refractivity contribution in [2.45, 2.75) is 86.5 Å². The Labute approximate surface area is 191 Å². The molecule has 4 aliphatic rings. The van der Waals surface area contributed by atoms with Gasteiger partial charge in [0.15, 0.2) is 9.92 Å². The number of carbonyl (C=O) groups excluding carboxylic acids is 1. The molecule has 2 unspecified atom stereocenters. The van der Waals surface area contributed by atoms with Crippen LogP contribution in [0.15, 0.2) is 8.70 Å². The van der Waals surface area contributed by atoms with E-state index in [0.717, 1.165) is 78.1 Å². The molecule has 2 heterocycles. The van der Waals surface area contributed by atoms with Crippen molar-refractivity contribution in [3.05, 3.63) is 33.1 Å². The average molecular weight is 474 g/mol. The van der Waals surface area contributed by atoms with E-state index >= 15 is 0 Å². The molecule has 6 rings (SSSR count). The fraction of sp³-hybridized carbons (Fsp3) is 0.591. The van der Waals surface area contributed by atoms with Crippen LogP contribution in [0.2, 0.25) is 0 Å². The van der Waals surface area contributed by atoms with E-state index in [0.29, 0.717) is 23.4 Å². The number of nitrogens with two attached hydrogens (primary N) is 1. The SMILES string of the molecule is CC1(O)CCCc2nc(S(N)(=O)=NC(=O)Nc3c4c(nc5c3CCC53CC3)CCC4)sc21. The topological polar surface area (TPSA) is 131 Å². The van der Waals surface area contributed by atoms with Gasteiger partial charge in [0.1, 0.15) is 0 Å². The van der Waals surface area contributed by atoms with E-state index in [-0.39, 0.29) is 9.75 Å². The largest absolute Gasteiger partial charge is 0.385 e. The minimum Gasteiger partial charge on any atom is -0.385 e. The molecule has 2 amide bonds. The second-order valence-corrected chi connectivity index (χ2v) is 12.8. The van der Waals surface area contributed by atoms with Gasteiger partial charge in [0.2, 0.25) is 4.34 Å². The van der Waals surface area contributed by atoms with E-state index in [1.54, 1.807) is 6.92 Å². The highest BCUT2D eigenvalue weighted by molar-refractivity contribution is 7.93. The summed E-state index contributed by atoms with van der Waals surface area (Å²) >= 11 is 1.10. The number of rotatable bonds is 2. The summed E-state index contributed by atoms with van der Waals surface area (Å²) in [6.07, 6.45) is 9.25. The molecule has 0 saturated heterocycles. The van der Waals surface area contributed by atoms with Crippen LogP contribution in [0.5, 0.6) is 0 Å². The van der Waals surface area contributed by atoms with Gasteiger partial charge in [-0.05, 0) is 82.3 Å². The predicted molar refractivity (Wildman–Crippen MR) is 122 cm³/mol. The van der Waals surface area contributed by atoms with Crippen LogP contribution in [-0.4, -0.2) is 25.3 Å². The first-order valence-electron chi connectivity index (χ1n) is 11.3. The first-order chi connectivity index (χ1) is 15.2. The fourth-order valence-electron chi connectivity index (χ4n) is 5.63. The zero-order valence-corrected chi connectivity index (χ0v) is 19.7. The number of thiazole rings is 1. The zero-order valence-electron chi connectivity index (χ0n) is 18.1. The van der Waals surface area contributed by atoms with Crippen molar-refractivity contribution in [1.29, 1.82) is 0 Å². The van der Waals surface area contributed by atoms with Gasteiger partial charge in [-0.2, -0.15) is 0 Å². The summed E-state index contributed by atoms with van der Waals surface area (Å²) in [6.45, 7) is 1.73. The Hall–Kier alpha value is -1.88. The normalized spacial score (nSPS) is 26.2. The summed E-state index contributed by atoms with van der Waals surface area (Å²) in [5.74, 6) is 0. The number of carbonyl (C=O) groups is 1. The summed E-state index contributed by atoms with van der Waals surface area (Å²) in [5.41, 5.74) is 5.16. The van der Waals surface area contributed by atoms with Crippen LogP contribution in [-0.2, 0) is 46.6 Å². The number of aromatic nitrogens is 2. The number of hydrogen-bond donors (Lipinski definition) is 3. The number of hydrogen-bond acceptors (Lipinski definition) is 6. The second kappa shape index (κ2) is 6.82. The number of anilines is 1. The number of nitrogens with one attached hydrogen (secondary N) is 1. The average Bonchev–Trinajstić information content (AvgIpc) is 3.07. The van der Waals surface area contributed by atoms with Gasteiger partial charge < -0.3 is 10.4 Å². The van der Waals surface area contributed by atoms with Crippen molar-refractivity contribution < 1.29 is 14.1 Å². The second-order valence-electron chi connectivity index (χ2n) is 9.85. The molecule has 2 atom stereocenters. The maximum atomic E-state index is 13.2. The molecule has 1 fully saturated rings. The van der Waals surface area contributed by atoms with Crippen molar-refractivity contribution in [3.8, 4) is 0 Å². The molecule has 2 aromatic heterocycles. The van der Waals surface area contributed by atoms with Gasteiger partial charge >= 0.3 is 6.03 Å². The van der Waals surface area contributed by atoms with Crippen molar-refractivity contribution in [2.24, 2.45) is 9.50 Å². The monoisotopic (exact) mass is 473 g/mol. The number of pyridine rings is 1. The van der Waals surface area contributed by atoms with Gasteiger partial charge in [-0.1, -0.05) is 0 Å². The zero-order chi connectivity index (χ0) is 22.3. The van der Waals surface area contributed by atoms with Crippen molar-refractivity contribution >= 4 is 33.0 Å². The first-order valence-corrected chi connectivity index (χ1v) is 13.7. The molecule has 0 aliphatic heterocycles. The van der Waals surface area contributed by atoms with Gasteiger partial charge in [-0.3, -0.25) is 4.98 Å². The van der Waals surface area contributed by atoms with Gasteiger partial charge in [0, 0.05) is 11.1 Å². The van der Waals surface area contributed by atoms with E-state index in [4.69, 9.17) is 10.1 Å². The number of urea groups is 1. The van der Waals surface area contributed by atoms with Crippen molar-refractivity contribution in [2.75, 3.05) is 5.32 Å². The Morgan fingerprint density at radius 1 is 1.09 bits per heavy atom. The van der Waals surface area contributed by atoms with Crippen LogP contribution in [0.1, 0.15) is 78.5 Å². The molecular formula is C22H27N5O3S2. The Morgan fingerprint density at radius 3 is 2.62 bits per heavy atom. The van der Waals surface area contributed by atoms with Crippen molar-refractivity contribution in [1.82, 2.24) is 9.97 Å². The Kier molecular flexibility index (Phi) is 4.41. The lowest BCUT2D eigenvalue weighted by molar-refractivity contribution is 0.0422. The summed E-state index contributed by atoms with van der Waals surface area (Å²) in [6, 6.07) is -0.711. The number of nitrogens with zero attached hydrogens (tertiary/aromatic N) is 3. The van der Waals surface area contributed by atoms with Crippen LogP contribution in [0.25, 0.3) is 0 Å². The standard InChI is InChI=1S/C22H27N5O3S2/c1-21(29)8-3-6-15-18(21)31-20(25-15)32(23,30)27-19(28)26-16-12-4-2-5-14(12)24-17-13(16)7-9-22(17)10-11-22/h29H,2-11H2,1H3,(H3,23,24,26,27,28,30). The van der Waals surface area contributed by atoms with Gasteiger partial charge in [0.25, 0.3) is 0 Å². The van der Waals surface area contributed by atoms with Crippen LogP contribution < -0.4 is 10.5 Å². The Bertz CT molecular complexity index is 1280. The van der Waals surface area contributed by atoms with Gasteiger partial charge in [-0.15, -0.1) is 15.7 Å². The molecule has 4 N–H and O–H groups in total. The van der Waals surface area contributed by atoms with E-state index in [2.05, 4.69) is 14.7 Å². The van der Waals surface area contributed by atoms with Gasteiger partial charge in [-0.25, -0.2) is 19.1 Å². The Morgan fingerprint density at radius 2 is 1.88 bits per heavy atom. The summed E-state index contributed by atoms with van der Waals surface area (Å²) in [5, 5.41) is 19.6. The lowest BCUT2D eigenvalue weighted by Gasteiger charge is -2.26. The van der Waals surface area contributed by atoms with E-state index in [1.807, 2.05) is 0 Å². The van der Waals surface area contributed by atoms with Crippen LogP contribution in [0.3, 0.4) is 0 Å². The number of fused-ring (bicyclic) bond motifs is 4. The quantitative estimate of drug-likeness (QED) is 0.615. The van der Waals surface area contributed by atoms with Crippen molar-refractivity contribution in [3.63, 3.8) is 0 Å². The maximum Gasteiger partial charge on any atom is 0.354 e. The molecular weight excluding hydrogens is 446 g/mol. The number of amides is 2. The van der Waals surface area contributed by atoms with Crippen LogP contribution >= 0.6 is 11.3 Å². The number of aliphatic hydroxyl groups is 1. The van der Waals surface area contributed by atoms with E-state index in [9.17, 15) is 14.1 Å². The van der Waals surface area contributed by atoms with E-state index in [1.165, 1.54) is 12.8 Å². The third-order valence-electron chi connectivity index (χ3n) is 7.48. The predicted octanol–water partition coefficient (Wildman–Crippen LogP) is 3.48. The maximum absolute atomic E-state index is 13.2. The fourth-order valence-corrected chi connectivity index (χ4v) is 8.00. The molecule has 1 saturated carbocycles. The third-order valence-corrected chi connectivity index (χ3v) is 10.6. The highest BCUT2D eigenvalue weighted by Gasteiger charge is 2.51. The lowest BCUT2D eigenvalue weighted by Crippen LogP contribution is -2.25. The highest BCUT2D eigenvalue weighted by Crippen LogP contribution is 2.58.